The van der Waals surface area contributed by atoms with Crippen LogP contribution in [0.1, 0.15) is 0 Å². The highest BCUT2D eigenvalue weighted by atomic mass is 32.1. The largest absolute Gasteiger partial charge is 0.308 e. The molecule has 0 amide bonds. The molecule has 0 bridgehead atoms. The highest BCUT2D eigenvalue weighted by molar-refractivity contribution is 7.26. The highest BCUT2D eigenvalue weighted by Crippen LogP contribution is 2.46. The third-order valence-electron chi connectivity index (χ3n) is 12.4. The van der Waals surface area contributed by atoms with E-state index in [-0.39, 0.29) is 0 Å². The summed E-state index contributed by atoms with van der Waals surface area (Å²) in [6.07, 6.45) is 0. The lowest BCUT2D eigenvalue weighted by molar-refractivity contribution is 1.07. The van der Waals surface area contributed by atoms with Crippen molar-refractivity contribution in [2.75, 3.05) is 0 Å². The number of aromatic nitrogens is 4. The lowest BCUT2D eigenvalue weighted by atomic mass is 10.0. The summed E-state index contributed by atoms with van der Waals surface area (Å²) < 4.78 is 9.80. The van der Waals surface area contributed by atoms with Crippen LogP contribution in [0.4, 0.5) is 0 Å². The van der Waals surface area contributed by atoms with E-state index in [0.29, 0.717) is 17.5 Å². The van der Waals surface area contributed by atoms with Crippen LogP contribution in [0.5, 0.6) is 0 Å². The minimum atomic E-state index is 0.638. The number of hydrogen-bond donors (Lipinski definition) is 0. The Balaban J connectivity index is 1.14. The Morgan fingerprint density at radius 1 is 0.306 bits per heavy atom. The summed E-state index contributed by atoms with van der Waals surface area (Å²) in [6.45, 7) is 0. The Morgan fingerprint density at radius 3 is 1.44 bits per heavy atom. The molecule has 0 aliphatic carbocycles. The minimum absolute atomic E-state index is 0.638. The van der Waals surface area contributed by atoms with Crippen LogP contribution in [0, 0.1) is 0 Å². The van der Waals surface area contributed by atoms with Crippen LogP contribution in [0.2, 0.25) is 0 Å². The number of hydrogen-bond acceptors (Lipinski definition) is 6. The van der Waals surface area contributed by atoms with Crippen LogP contribution >= 0.6 is 34.0 Å². The fraction of sp³-hybridized carbons (Fsp3) is 0. The van der Waals surface area contributed by atoms with Crippen molar-refractivity contribution in [1.82, 2.24) is 19.5 Å². The summed E-state index contributed by atoms with van der Waals surface area (Å²) in [5.41, 5.74) is 6.26. The molecule has 0 aliphatic heterocycles. The third kappa shape index (κ3) is 5.01. The molecule has 5 aromatic heterocycles. The van der Waals surface area contributed by atoms with E-state index in [1.807, 2.05) is 34.0 Å². The summed E-state index contributed by atoms with van der Waals surface area (Å²) in [4.78, 5) is 16.6. The number of nitrogens with zero attached hydrogens (tertiary/aromatic N) is 4. The summed E-state index contributed by atoms with van der Waals surface area (Å²) >= 11 is 5.44. The van der Waals surface area contributed by atoms with Gasteiger partial charge in [0.1, 0.15) is 0 Å². The first-order valence-electron chi connectivity index (χ1n) is 20.7. The topological polar surface area (TPSA) is 43.6 Å². The van der Waals surface area contributed by atoms with Crippen molar-refractivity contribution in [3.05, 3.63) is 182 Å². The van der Waals surface area contributed by atoms with Gasteiger partial charge in [-0.05, 0) is 71.4 Å². The lowest BCUT2D eigenvalue weighted by Crippen LogP contribution is -2.04. The Bertz CT molecular complexity index is 4060. The molecule has 288 valence electrons. The van der Waals surface area contributed by atoms with Crippen molar-refractivity contribution in [2.24, 2.45) is 0 Å². The molecule has 0 spiro atoms. The zero-order valence-electron chi connectivity index (χ0n) is 32.8. The number of benzene rings is 9. The zero-order chi connectivity index (χ0) is 40.5. The lowest BCUT2D eigenvalue weighted by Gasteiger charge is -2.16. The van der Waals surface area contributed by atoms with E-state index in [1.54, 1.807) is 0 Å². The molecule has 0 saturated heterocycles. The molecule has 0 fully saturated rings. The van der Waals surface area contributed by atoms with Gasteiger partial charge in [-0.2, -0.15) is 0 Å². The molecule has 0 atom stereocenters. The van der Waals surface area contributed by atoms with Crippen LogP contribution in [-0.2, 0) is 0 Å². The van der Waals surface area contributed by atoms with E-state index < -0.39 is 0 Å². The van der Waals surface area contributed by atoms with E-state index in [4.69, 9.17) is 15.0 Å². The van der Waals surface area contributed by atoms with Crippen molar-refractivity contribution < 1.29 is 0 Å². The van der Waals surface area contributed by atoms with Crippen LogP contribution in [0.15, 0.2) is 182 Å². The monoisotopic (exact) mass is 842 g/mol. The van der Waals surface area contributed by atoms with Gasteiger partial charge >= 0.3 is 0 Å². The van der Waals surface area contributed by atoms with Gasteiger partial charge in [0, 0.05) is 88.0 Å². The first kappa shape index (κ1) is 34.4. The second-order valence-electron chi connectivity index (χ2n) is 15.9. The van der Waals surface area contributed by atoms with Crippen LogP contribution in [-0.4, -0.2) is 19.5 Å². The van der Waals surface area contributed by atoms with Crippen LogP contribution in [0.3, 0.4) is 0 Å². The second kappa shape index (κ2) is 13.1. The van der Waals surface area contributed by atoms with Crippen molar-refractivity contribution in [2.45, 2.75) is 0 Å². The summed E-state index contributed by atoms with van der Waals surface area (Å²) in [7, 11) is 0. The molecule has 9 aromatic carbocycles. The molecule has 7 heteroatoms. The van der Waals surface area contributed by atoms with Gasteiger partial charge in [-0.1, -0.05) is 121 Å². The molecule has 62 heavy (non-hydrogen) atoms. The number of para-hydroxylation sites is 1. The van der Waals surface area contributed by atoms with Gasteiger partial charge < -0.3 is 4.57 Å². The first-order chi connectivity index (χ1) is 30.7. The van der Waals surface area contributed by atoms with Gasteiger partial charge in [0.15, 0.2) is 17.5 Å². The molecule has 5 heterocycles. The van der Waals surface area contributed by atoms with E-state index in [1.165, 1.54) is 82.1 Å². The third-order valence-corrected chi connectivity index (χ3v) is 15.8. The number of thiophene rings is 3. The molecule has 14 rings (SSSR count). The van der Waals surface area contributed by atoms with E-state index >= 15 is 0 Å². The van der Waals surface area contributed by atoms with Gasteiger partial charge in [-0.15, -0.1) is 34.0 Å². The molecular formula is C55H30N4S3. The Kier molecular flexibility index (Phi) is 7.28. The van der Waals surface area contributed by atoms with Crippen molar-refractivity contribution in [3.63, 3.8) is 0 Å². The Morgan fingerprint density at radius 2 is 0.790 bits per heavy atom. The maximum Gasteiger partial charge on any atom is 0.166 e. The van der Waals surface area contributed by atoms with Crippen molar-refractivity contribution in [1.29, 1.82) is 0 Å². The minimum Gasteiger partial charge on any atom is -0.308 e. The molecule has 0 N–H and O–H groups in total. The predicted molar refractivity (Wildman–Crippen MR) is 267 cm³/mol. The maximum absolute atomic E-state index is 5.58. The standard InChI is InChI=1S/C55H30N4S3/c1-2-14-32-28-43-39(27-31(32)13-1)33-15-3-7-21-42(33)59(43)44-29-40-34-16-4-8-22-45(34)62-50(40)30-41(44)55-57-53(37-19-11-25-48-51(37)35-17-5-9-23-46(35)60-48)56-54(58-55)38-20-12-26-49-52(38)36-18-6-10-24-47(36)61-49/h1-30H. The van der Waals surface area contributed by atoms with Crippen LogP contribution < -0.4 is 0 Å². The molecule has 14 aromatic rings. The average Bonchev–Trinajstić information content (AvgIpc) is 4.09. The van der Waals surface area contributed by atoms with Crippen LogP contribution in [0.25, 0.3) is 133 Å². The normalized spacial score (nSPS) is 12.2. The van der Waals surface area contributed by atoms with Gasteiger partial charge in [0.2, 0.25) is 0 Å². The molecule has 0 radical (unpaired) electrons. The zero-order valence-corrected chi connectivity index (χ0v) is 35.3. The van der Waals surface area contributed by atoms with Crippen molar-refractivity contribution in [3.8, 4) is 39.9 Å². The molecule has 0 unspecified atom stereocenters. The number of fused-ring (bicyclic) bond motifs is 13. The Hall–Kier alpha value is -7.29. The predicted octanol–water partition coefficient (Wildman–Crippen LogP) is 16.2. The molecule has 4 nitrogen and oxygen atoms in total. The second-order valence-corrected chi connectivity index (χ2v) is 19.1. The van der Waals surface area contributed by atoms with E-state index in [2.05, 4.69) is 187 Å². The summed E-state index contributed by atoms with van der Waals surface area (Å²) in [6, 6.07) is 66.0. The average molecular weight is 843 g/mol. The van der Waals surface area contributed by atoms with E-state index in [0.717, 1.165) is 33.4 Å². The van der Waals surface area contributed by atoms with E-state index in [9.17, 15) is 0 Å². The van der Waals surface area contributed by atoms with Gasteiger partial charge in [-0.3, -0.25) is 0 Å². The van der Waals surface area contributed by atoms with Gasteiger partial charge in [0.25, 0.3) is 0 Å². The molecule has 0 saturated carbocycles. The van der Waals surface area contributed by atoms with Gasteiger partial charge in [-0.25, -0.2) is 15.0 Å². The first-order valence-corrected chi connectivity index (χ1v) is 23.1. The van der Waals surface area contributed by atoms with Gasteiger partial charge in [0.05, 0.1) is 16.7 Å². The molecular weight excluding hydrogens is 813 g/mol. The Labute approximate surface area is 366 Å². The maximum atomic E-state index is 5.58. The SMILES string of the molecule is c1ccc2cc3c(cc2c1)c1ccccc1n3-c1cc2c(cc1-c1nc(-c3cccc4sc5ccccc5c34)nc(-c3cccc4sc5ccccc5c34)n1)sc1ccccc12. The quantitative estimate of drug-likeness (QED) is 0.177. The summed E-state index contributed by atoms with van der Waals surface area (Å²) in [5, 5.41) is 12.1. The molecule has 0 aliphatic rings. The van der Waals surface area contributed by atoms with Crippen molar-refractivity contribution >= 4 is 127 Å². The smallest absolute Gasteiger partial charge is 0.166 e. The number of rotatable bonds is 4. The fourth-order valence-corrected chi connectivity index (χ4v) is 13.1. The fourth-order valence-electron chi connectivity index (χ4n) is 9.70. The summed E-state index contributed by atoms with van der Waals surface area (Å²) in [5.74, 6) is 1.96. The highest BCUT2D eigenvalue weighted by Gasteiger charge is 2.24.